The van der Waals surface area contributed by atoms with Gasteiger partial charge in [0.15, 0.2) is 0 Å². The van der Waals surface area contributed by atoms with Crippen molar-refractivity contribution < 1.29 is 18.9 Å². The molecule has 0 fully saturated rings. The second-order valence-corrected chi connectivity index (χ2v) is 7.28. The molecule has 0 saturated carbocycles. The molecule has 1 aliphatic heterocycles. The normalized spacial score (nSPS) is 15.5. The van der Waals surface area contributed by atoms with E-state index >= 15 is 0 Å². The maximum atomic E-state index is 12.4. The molecule has 1 atom stereocenters. The lowest BCUT2D eigenvalue weighted by atomic mass is 10.1. The lowest BCUT2D eigenvalue weighted by Gasteiger charge is -2.14. The van der Waals surface area contributed by atoms with Crippen LogP contribution in [0, 0.1) is 0 Å². The zero-order chi connectivity index (χ0) is 21.8. The summed E-state index contributed by atoms with van der Waals surface area (Å²) in [6, 6.07) is 13.0. The van der Waals surface area contributed by atoms with Crippen molar-refractivity contribution in [3.8, 4) is 11.4 Å². The van der Waals surface area contributed by atoms with Crippen molar-refractivity contribution in [2.75, 3.05) is 5.32 Å². The Bertz CT molecular complexity index is 1150. The first kappa shape index (κ1) is 20.5. The Kier molecular flexibility index (Phi) is 5.94. The first-order valence-corrected chi connectivity index (χ1v) is 9.94. The zero-order valence-electron chi connectivity index (χ0n) is 16.2. The minimum Gasteiger partial charge on any atom is -0.347 e. The largest absolute Gasteiger partial charge is 0.347 e. The van der Waals surface area contributed by atoms with Gasteiger partial charge in [0.2, 0.25) is 23.5 Å². The van der Waals surface area contributed by atoms with Gasteiger partial charge in [0.25, 0.3) is 5.91 Å². The summed E-state index contributed by atoms with van der Waals surface area (Å²) in [5, 5.41) is 12.4. The standard InChI is InChI=1S/C21H18ClN5O4/c22-14-7-3-1-5-12(14)19-26-18(31-27-19)11-23-17(28)10-9-16-21(30)24-15-8-4-2-6-13(15)20(29)25-16/h1-8,16H,9-11H2,(H,23,28)(H,24,30)(H,25,29). The van der Waals surface area contributed by atoms with Crippen molar-refractivity contribution in [2.24, 2.45) is 0 Å². The van der Waals surface area contributed by atoms with Crippen LogP contribution < -0.4 is 16.0 Å². The summed E-state index contributed by atoms with van der Waals surface area (Å²) < 4.78 is 5.15. The van der Waals surface area contributed by atoms with Crippen molar-refractivity contribution in [3.05, 3.63) is 65.0 Å². The molecule has 158 valence electrons. The number of rotatable bonds is 6. The van der Waals surface area contributed by atoms with Gasteiger partial charge in [-0.3, -0.25) is 14.4 Å². The molecule has 3 aromatic rings. The number of anilines is 1. The predicted octanol–water partition coefficient (Wildman–Crippen LogP) is 2.54. The van der Waals surface area contributed by atoms with Crippen LogP contribution in [0.3, 0.4) is 0 Å². The Morgan fingerprint density at radius 3 is 2.65 bits per heavy atom. The van der Waals surface area contributed by atoms with Gasteiger partial charge >= 0.3 is 0 Å². The van der Waals surface area contributed by atoms with Gasteiger partial charge in [0.1, 0.15) is 6.04 Å². The van der Waals surface area contributed by atoms with Crippen LogP contribution in [0.25, 0.3) is 11.4 Å². The molecule has 31 heavy (non-hydrogen) atoms. The summed E-state index contributed by atoms with van der Waals surface area (Å²) in [5.41, 5.74) is 1.46. The van der Waals surface area contributed by atoms with Crippen LogP contribution in [-0.2, 0) is 16.1 Å². The highest BCUT2D eigenvalue weighted by Crippen LogP contribution is 2.24. The van der Waals surface area contributed by atoms with E-state index in [-0.39, 0.29) is 43.0 Å². The number of para-hydroxylation sites is 1. The number of halogens is 1. The van der Waals surface area contributed by atoms with E-state index in [1.807, 2.05) is 0 Å². The van der Waals surface area contributed by atoms with Crippen LogP contribution in [0.2, 0.25) is 5.02 Å². The first-order chi connectivity index (χ1) is 15.0. The number of fused-ring (bicyclic) bond motifs is 1. The SMILES string of the molecule is O=C(CCC1NC(=O)c2ccccc2NC1=O)NCc1nc(-c2ccccc2Cl)no1. The highest BCUT2D eigenvalue weighted by molar-refractivity contribution is 6.33. The molecule has 2 aromatic carbocycles. The van der Waals surface area contributed by atoms with E-state index in [0.29, 0.717) is 27.7 Å². The number of amides is 3. The monoisotopic (exact) mass is 439 g/mol. The fourth-order valence-electron chi connectivity index (χ4n) is 3.13. The van der Waals surface area contributed by atoms with Crippen LogP contribution in [0.15, 0.2) is 53.1 Å². The van der Waals surface area contributed by atoms with E-state index in [4.69, 9.17) is 16.1 Å². The third kappa shape index (κ3) is 4.72. The van der Waals surface area contributed by atoms with E-state index in [9.17, 15) is 14.4 Å². The molecule has 3 amide bonds. The van der Waals surface area contributed by atoms with Gasteiger partial charge in [-0.1, -0.05) is 41.0 Å². The van der Waals surface area contributed by atoms with Gasteiger partial charge < -0.3 is 20.5 Å². The fourth-order valence-corrected chi connectivity index (χ4v) is 3.35. The number of aromatic nitrogens is 2. The third-order valence-corrected chi connectivity index (χ3v) is 5.06. The van der Waals surface area contributed by atoms with Gasteiger partial charge in [0, 0.05) is 12.0 Å². The van der Waals surface area contributed by atoms with E-state index in [1.165, 1.54) is 0 Å². The lowest BCUT2D eigenvalue weighted by molar-refractivity contribution is -0.122. The summed E-state index contributed by atoms with van der Waals surface area (Å²) in [5.74, 6) is -0.502. The molecule has 9 nitrogen and oxygen atoms in total. The summed E-state index contributed by atoms with van der Waals surface area (Å²) in [6.07, 6.45) is 0.173. The average molecular weight is 440 g/mol. The van der Waals surface area contributed by atoms with Crippen molar-refractivity contribution in [1.29, 1.82) is 0 Å². The topological polar surface area (TPSA) is 126 Å². The molecule has 0 radical (unpaired) electrons. The molecule has 2 heterocycles. The van der Waals surface area contributed by atoms with Crippen molar-refractivity contribution in [1.82, 2.24) is 20.8 Å². The van der Waals surface area contributed by atoms with Gasteiger partial charge in [-0.2, -0.15) is 4.98 Å². The van der Waals surface area contributed by atoms with Gasteiger partial charge in [0.05, 0.1) is 22.8 Å². The summed E-state index contributed by atoms with van der Waals surface area (Å²) in [4.78, 5) is 41.1. The predicted molar refractivity (Wildman–Crippen MR) is 112 cm³/mol. The Hall–Kier alpha value is -3.72. The third-order valence-electron chi connectivity index (χ3n) is 4.73. The molecular weight excluding hydrogens is 422 g/mol. The maximum Gasteiger partial charge on any atom is 0.254 e. The van der Waals surface area contributed by atoms with Crippen molar-refractivity contribution in [3.63, 3.8) is 0 Å². The number of carbonyl (C=O) groups is 3. The van der Waals surface area contributed by atoms with E-state index in [0.717, 1.165) is 0 Å². The number of hydrogen-bond donors (Lipinski definition) is 3. The number of nitrogens with zero attached hydrogens (tertiary/aromatic N) is 2. The Morgan fingerprint density at radius 2 is 1.84 bits per heavy atom. The summed E-state index contributed by atoms with van der Waals surface area (Å²) in [7, 11) is 0. The van der Waals surface area contributed by atoms with E-state index in [2.05, 4.69) is 26.1 Å². The molecule has 0 spiro atoms. The Morgan fingerprint density at radius 1 is 1.10 bits per heavy atom. The minimum atomic E-state index is -0.819. The van der Waals surface area contributed by atoms with Gasteiger partial charge in [-0.25, -0.2) is 0 Å². The molecule has 0 aliphatic carbocycles. The molecule has 1 aliphatic rings. The molecule has 3 N–H and O–H groups in total. The van der Waals surface area contributed by atoms with Crippen LogP contribution in [0.1, 0.15) is 29.1 Å². The molecule has 10 heteroatoms. The quantitative estimate of drug-likeness (QED) is 0.541. The second-order valence-electron chi connectivity index (χ2n) is 6.87. The fraction of sp³-hybridized carbons (Fsp3) is 0.190. The Balaban J connectivity index is 1.30. The molecule has 0 saturated heterocycles. The smallest absolute Gasteiger partial charge is 0.254 e. The van der Waals surface area contributed by atoms with Gasteiger partial charge in [-0.15, -0.1) is 0 Å². The highest BCUT2D eigenvalue weighted by atomic mass is 35.5. The van der Waals surface area contributed by atoms with Crippen molar-refractivity contribution in [2.45, 2.75) is 25.4 Å². The maximum absolute atomic E-state index is 12.4. The number of carbonyl (C=O) groups excluding carboxylic acids is 3. The summed E-state index contributed by atoms with van der Waals surface area (Å²) in [6.45, 7) is 0.0327. The van der Waals surface area contributed by atoms with Crippen LogP contribution >= 0.6 is 11.6 Å². The van der Waals surface area contributed by atoms with Crippen LogP contribution in [0.4, 0.5) is 5.69 Å². The van der Waals surface area contributed by atoms with Crippen molar-refractivity contribution >= 4 is 35.0 Å². The number of nitrogens with one attached hydrogen (secondary N) is 3. The second kappa shape index (κ2) is 8.97. The molecule has 1 unspecified atom stereocenters. The molecular formula is C21H18ClN5O4. The van der Waals surface area contributed by atoms with E-state index in [1.54, 1.807) is 48.5 Å². The molecule has 4 rings (SSSR count). The number of benzene rings is 2. The molecule has 1 aromatic heterocycles. The highest BCUT2D eigenvalue weighted by Gasteiger charge is 2.27. The lowest BCUT2D eigenvalue weighted by Crippen LogP contribution is -2.42. The van der Waals surface area contributed by atoms with E-state index < -0.39 is 6.04 Å². The molecule has 0 bridgehead atoms. The zero-order valence-corrected chi connectivity index (χ0v) is 17.0. The first-order valence-electron chi connectivity index (χ1n) is 9.56. The van der Waals surface area contributed by atoms with Gasteiger partial charge in [-0.05, 0) is 30.7 Å². The minimum absolute atomic E-state index is 0.0280. The van der Waals surface area contributed by atoms with Crippen LogP contribution in [-0.4, -0.2) is 33.9 Å². The summed E-state index contributed by atoms with van der Waals surface area (Å²) >= 11 is 6.12. The number of hydrogen-bond acceptors (Lipinski definition) is 6. The average Bonchev–Trinajstić information content (AvgIpc) is 3.19. The van der Waals surface area contributed by atoms with Crippen LogP contribution in [0.5, 0.6) is 0 Å². The Labute approximate surface area is 182 Å².